The molecule has 2 rings (SSSR count). The topological polar surface area (TPSA) is 69.9 Å². The van der Waals surface area contributed by atoms with Crippen molar-refractivity contribution < 1.29 is 4.74 Å². The molecule has 1 unspecified atom stereocenters. The molecule has 0 amide bonds. The lowest BCUT2D eigenvalue weighted by Crippen LogP contribution is -2.21. The number of fused-ring (bicyclic) bond motifs is 1. The van der Waals surface area contributed by atoms with Crippen molar-refractivity contribution in [1.29, 1.82) is 0 Å². The Morgan fingerprint density at radius 2 is 2.12 bits per heavy atom. The maximum Gasteiger partial charge on any atom is 0.323 e. The van der Waals surface area contributed by atoms with Crippen molar-refractivity contribution in [1.82, 2.24) is 9.97 Å². The van der Waals surface area contributed by atoms with Crippen LogP contribution in [0.2, 0.25) is 0 Å². The van der Waals surface area contributed by atoms with E-state index in [-0.39, 0.29) is 11.7 Å². The molecule has 3 N–H and O–H groups in total. The fourth-order valence-electron chi connectivity index (χ4n) is 1.74. The molecular formula is C12H17N3O2. The third kappa shape index (κ3) is 2.88. The zero-order valence-corrected chi connectivity index (χ0v) is 10.0. The first-order chi connectivity index (χ1) is 8.19. The lowest BCUT2D eigenvalue weighted by molar-refractivity contribution is 0.141. The Bertz CT molecular complexity index is 544. The van der Waals surface area contributed by atoms with Crippen LogP contribution in [-0.4, -0.2) is 29.2 Å². The molecule has 0 aliphatic heterocycles. The third-order valence-corrected chi connectivity index (χ3v) is 2.50. The minimum atomic E-state index is -0.181. The van der Waals surface area contributed by atoms with Crippen LogP contribution in [0.3, 0.4) is 0 Å². The van der Waals surface area contributed by atoms with E-state index in [1.165, 1.54) is 0 Å². The summed E-state index contributed by atoms with van der Waals surface area (Å²) in [6, 6.07) is 5.96. The van der Waals surface area contributed by atoms with E-state index < -0.39 is 0 Å². The van der Waals surface area contributed by atoms with Crippen LogP contribution < -0.4 is 11.0 Å². The standard InChI is InChI=1S/C12H17N3O2/c1-3-17-7-8(2)13-9-4-5-10-11(6-9)15-12(16)14-10/h4-6,8,13H,3,7H2,1-2H3,(H2,14,15,16). The maximum absolute atomic E-state index is 11.1. The summed E-state index contributed by atoms with van der Waals surface area (Å²) in [5, 5.41) is 3.32. The number of H-pyrrole nitrogens is 2. The molecule has 0 bridgehead atoms. The molecule has 5 heteroatoms. The van der Waals surface area contributed by atoms with E-state index >= 15 is 0 Å². The first-order valence-corrected chi connectivity index (χ1v) is 5.75. The largest absolute Gasteiger partial charge is 0.380 e. The summed E-state index contributed by atoms with van der Waals surface area (Å²) in [7, 11) is 0. The number of rotatable bonds is 5. The second-order valence-electron chi connectivity index (χ2n) is 4.04. The molecule has 0 saturated heterocycles. The number of nitrogens with one attached hydrogen (secondary N) is 3. The molecule has 5 nitrogen and oxygen atoms in total. The Balaban J connectivity index is 2.10. The summed E-state index contributed by atoms with van der Waals surface area (Å²) in [6.45, 7) is 5.41. The lowest BCUT2D eigenvalue weighted by Gasteiger charge is -2.14. The molecule has 0 radical (unpaired) electrons. The zero-order valence-electron chi connectivity index (χ0n) is 10.0. The van der Waals surface area contributed by atoms with Crippen LogP contribution in [-0.2, 0) is 4.74 Å². The Kier molecular flexibility index (Phi) is 3.49. The van der Waals surface area contributed by atoms with Gasteiger partial charge in [0.15, 0.2) is 0 Å². The Morgan fingerprint density at radius 3 is 2.88 bits per heavy atom. The smallest absolute Gasteiger partial charge is 0.323 e. The number of hydrogen-bond donors (Lipinski definition) is 3. The Labute approximate surface area is 99.2 Å². The van der Waals surface area contributed by atoms with Gasteiger partial charge in [0.2, 0.25) is 0 Å². The number of aromatic nitrogens is 2. The number of anilines is 1. The van der Waals surface area contributed by atoms with E-state index in [9.17, 15) is 4.79 Å². The molecule has 0 saturated carbocycles. The van der Waals surface area contributed by atoms with Crippen molar-refractivity contribution in [2.75, 3.05) is 18.5 Å². The molecule has 1 aromatic carbocycles. The van der Waals surface area contributed by atoms with Gasteiger partial charge < -0.3 is 20.0 Å². The van der Waals surface area contributed by atoms with Gasteiger partial charge in [-0.3, -0.25) is 0 Å². The molecule has 92 valence electrons. The number of hydrogen-bond acceptors (Lipinski definition) is 3. The van der Waals surface area contributed by atoms with Crippen molar-refractivity contribution in [3.8, 4) is 0 Å². The summed E-state index contributed by atoms with van der Waals surface area (Å²) >= 11 is 0. The molecule has 2 aromatic rings. The highest BCUT2D eigenvalue weighted by atomic mass is 16.5. The highest BCUT2D eigenvalue weighted by molar-refractivity contribution is 5.78. The first kappa shape index (κ1) is 11.7. The van der Waals surface area contributed by atoms with Crippen LogP contribution in [0.4, 0.5) is 5.69 Å². The number of benzene rings is 1. The molecule has 17 heavy (non-hydrogen) atoms. The highest BCUT2D eigenvalue weighted by Gasteiger charge is 2.03. The van der Waals surface area contributed by atoms with Crippen LogP contribution in [0.5, 0.6) is 0 Å². The summed E-state index contributed by atoms with van der Waals surface area (Å²) in [6.07, 6.45) is 0. The van der Waals surface area contributed by atoms with Crippen LogP contribution >= 0.6 is 0 Å². The molecule has 1 aromatic heterocycles. The highest BCUT2D eigenvalue weighted by Crippen LogP contribution is 2.15. The van der Waals surface area contributed by atoms with Crippen molar-refractivity contribution in [3.05, 3.63) is 28.7 Å². The number of imidazole rings is 1. The predicted octanol–water partition coefficient (Wildman–Crippen LogP) is 1.69. The fraction of sp³-hybridized carbons (Fsp3) is 0.417. The Morgan fingerprint density at radius 1 is 1.35 bits per heavy atom. The molecule has 0 aliphatic carbocycles. The second kappa shape index (κ2) is 5.05. The quantitative estimate of drug-likeness (QED) is 0.738. The van der Waals surface area contributed by atoms with E-state index in [1.54, 1.807) is 0 Å². The summed E-state index contributed by atoms with van der Waals surface area (Å²) < 4.78 is 5.33. The van der Waals surface area contributed by atoms with Crippen molar-refractivity contribution in [2.45, 2.75) is 19.9 Å². The van der Waals surface area contributed by atoms with Crippen molar-refractivity contribution in [3.63, 3.8) is 0 Å². The van der Waals surface area contributed by atoms with Crippen molar-refractivity contribution >= 4 is 16.7 Å². The molecule has 0 fully saturated rings. The fourth-order valence-corrected chi connectivity index (χ4v) is 1.74. The SMILES string of the molecule is CCOCC(C)Nc1ccc2[nH]c(=O)[nH]c2c1. The van der Waals surface area contributed by atoms with E-state index in [4.69, 9.17) is 4.74 Å². The molecular weight excluding hydrogens is 218 g/mol. The van der Waals surface area contributed by atoms with Gasteiger partial charge in [0.05, 0.1) is 17.6 Å². The summed E-state index contributed by atoms with van der Waals surface area (Å²) in [5.74, 6) is 0. The molecule has 0 spiro atoms. The van der Waals surface area contributed by atoms with Crippen LogP contribution in [0.15, 0.2) is 23.0 Å². The number of aromatic amines is 2. The van der Waals surface area contributed by atoms with Gasteiger partial charge >= 0.3 is 5.69 Å². The van der Waals surface area contributed by atoms with Crippen LogP contribution in [0.1, 0.15) is 13.8 Å². The third-order valence-electron chi connectivity index (χ3n) is 2.50. The zero-order chi connectivity index (χ0) is 12.3. The van der Waals surface area contributed by atoms with E-state index in [0.29, 0.717) is 6.61 Å². The Hall–Kier alpha value is -1.75. The maximum atomic E-state index is 11.1. The lowest BCUT2D eigenvalue weighted by atomic mass is 10.2. The van der Waals surface area contributed by atoms with E-state index in [0.717, 1.165) is 23.3 Å². The van der Waals surface area contributed by atoms with Gasteiger partial charge in [0.1, 0.15) is 0 Å². The molecule has 1 atom stereocenters. The van der Waals surface area contributed by atoms with Crippen LogP contribution in [0.25, 0.3) is 11.0 Å². The minimum Gasteiger partial charge on any atom is -0.380 e. The van der Waals surface area contributed by atoms with Gasteiger partial charge in [0.25, 0.3) is 0 Å². The van der Waals surface area contributed by atoms with Gasteiger partial charge in [-0.25, -0.2) is 4.79 Å². The van der Waals surface area contributed by atoms with E-state index in [1.807, 2.05) is 25.1 Å². The second-order valence-corrected chi connectivity index (χ2v) is 4.04. The van der Waals surface area contributed by atoms with Gasteiger partial charge in [-0.1, -0.05) is 0 Å². The predicted molar refractivity (Wildman–Crippen MR) is 68.5 cm³/mol. The number of ether oxygens (including phenoxy) is 1. The van der Waals surface area contributed by atoms with Gasteiger partial charge in [0, 0.05) is 18.3 Å². The minimum absolute atomic E-state index is 0.181. The summed E-state index contributed by atoms with van der Waals surface area (Å²) in [5.41, 5.74) is 2.42. The average molecular weight is 235 g/mol. The van der Waals surface area contributed by atoms with Gasteiger partial charge in [-0.05, 0) is 32.0 Å². The van der Waals surface area contributed by atoms with Crippen LogP contribution in [0, 0.1) is 0 Å². The normalized spacial score (nSPS) is 12.8. The molecule has 0 aliphatic rings. The molecule has 1 heterocycles. The van der Waals surface area contributed by atoms with E-state index in [2.05, 4.69) is 22.2 Å². The monoisotopic (exact) mass is 235 g/mol. The average Bonchev–Trinajstić information content (AvgIpc) is 2.65. The van der Waals surface area contributed by atoms with Crippen molar-refractivity contribution in [2.24, 2.45) is 0 Å². The van der Waals surface area contributed by atoms with Gasteiger partial charge in [-0.2, -0.15) is 0 Å². The summed E-state index contributed by atoms with van der Waals surface area (Å²) in [4.78, 5) is 16.6. The van der Waals surface area contributed by atoms with Gasteiger partial charge in [-0.15, -0.1) is 0 Å². The first-order valence-electron chi connectivity index (χ1n) is 5.75.